The smallest absolute Gasteiger partial charge is 0.125 e. The zero-order valence-electron chi connectivity index (χ0n) is 15.4. The molecular weight excluding hydrogens is 312 g/mol. The first kappa shape index (κ1) is 17.9. The SMILES string of the molecule is CC(C)Oc1ccc(CN(C)C(c2ccccn2)C2CC2)cc1CO. The van der Waals surface area contributed by atoms with Crippen LogP contribution in [-0.2, 0) is 13.2 Å². The lowest BCUT2D eigenvalue weighted by molar-refractivity contribution is 0.206. The van der Waals surface area contributed by atoms with Crippen molar-refractivity contribution in [2.24, 2.45) is 5.92 Å². The van der Waals surface area contributed by atoms with Crippen molar-refractivity contribution in [2.75, 3.05) is 7.05 Å². The molecular formula is C21H28N2O2. The zero-order chi connectivity index (χ0) is 17.8. The summed E-state index contributed by atoms with van der Waals surface area (Å²) >= 11 is 0. The van der Waals surface area contributed by atoms with Crippen LogP contribution in [0.2, 0.25) is 0 Å². The molecule has 0 aliphatic heterocycles. The molecule has 0 radical (unpaired) electrons. The third-order valence-electron chi connectivity index (χ3n) is 4.62. The Morgan fingerprint density at radius 3 is 2.64 bits per heavy atom. The van der Waals surface area contributed by atoms with Crippen molar-refractivity contribution in [3.63, 3.8) is 0 Å². The maximum Gasteiger partial charge on any atom is 0.125 e. The first-order valence-corrected chi connectivity index (χ1v) is 9.09. The van der Waals surface area contributed by atoms with Crippen molar-refractivity contribution < 1.29 is 9.84 Å². The van der Waals surface area contributed by atoms with Gasteiger partial charge in [0.15, 0.2) is 0 Å². The summed E-state index contributed by atoms with van der Waals surface area (Å²) in [7, 11) is 2.16. The third kappa shape index (κ3) is 4.59. The molecule has 0 amide bonds. The standard InChI is InChI=1S/C21H28N2O2/c1-15(2)25-20-10-7-16(12-18(20)14-24)13-23(3)21(17-8-9-17)19-6-4-5-11-22-19/h4-7,10-12,15,17,21,24H,8-9,13-14H2,1-3H3. The molecule has 1 unspecified atom stereocenters. The Labute approximate surface area is 150 Å². The summed E-state index contributed by atoms with van der Waals surface area (Å²) in [4.78, 5) is 6.96. The van der Waals surface area contributed by atoms with Gasteiger partial charge in [-0.05, 0) is 69.5 Å². The molecule has 1 fully saturated rings. The highest BCUT2D eigenvalue weighted by atomic mass is 16.5. The van der Waals surface area contributed by atoms with Gasteiger partial charge >= 0.3 is 0 Å². The summed E-state index contributed by atoms with van der Waals surface area (Å²) in [6, 6.07) is 12.6. The first-order valence-electron chi connectivity index (χ1n) is 9.09. The summed E-state index contributed by atoms with van der Waals surface area (Å²) in [5.74, 6) is 1.47. The fourth-order valence-electron chi connectivity index (χ4n) is 3.40. The molecule has 0 spiro atoms. The molecule has 4 heteroatoms. The van der Waals surface area contributed by atoms with E-state index in [0.29, 0.717) is 12.0 Å². The molecule has 3 rings (SSSR count). The maximum atomic E-state index is 9.67. The van der Waals surface area contributed by atoms with Crippen LogP contribution in [0.15, 0.2) is 42.6 Å². The molecule has 1 aromatic heterocycles. The molecule has 1 aromatic carbocycles. The van der Waals surface area contributed by atoms with Crippen LogP contribution in [0.25, 0.3) is 0 Å². The van der Waals surface area contributed by atoms with E-state index in [2.05, 4.69) is 41.2 Å². The minimum atomic E-state index is -0.00803. The number of benzene rings is 1. The number of hydrogen-bond acceptors (Lipinski definition) is 4. The first-order chi connectivity index (χ1) is 12.1. The lowest BCUT2D eigenvalue weighted by Crippen LogP contribution is -2.26. The number of hydrogen-bond donors (Lipinski definition) is 1. The zero-order valence-corrected chi connectivity index (χ0v) is 15.4. The largest absolute Gasteiger partial charge is 0.491 e. The Bertz CT molecular complexity index is 684. The highest BCUT2D eigenvalue weighted by molar-refractivity contribution is 5.37. The summed E-state index contributed by atoms with van der Waals surface area (Å²) in [6.07, 6.45) is 4.52. The van der Waals surface area contributed by atoms with Gasteiger partial charge in [-0.1, -0.05) is 12.1 Å². The van der Waals surface area contributed by atoms with E-state index in [4.69, 9.17) is 4.74 Å². The van der Waals surface area contributed by atoms with E-state index in [9.17, 15) is 5.11 Å². The van der Waals surface area contributed by atoms with Crippen molar-refractivity contribution in [2.45, 2.75) is 52.0 Å². The molecule has 4 nitrogen and oxygen atoms in total. The maximum absolute atomic E-state index is 9.67. The van der Waals surface area contributed by atoms with Crippen LogP contribution in [0.4, 0.5) is 0 Å². The summed E-state index contributed by atoms with van der Waals surface area (Å²) in [5.41, 5.74) is 3.18. The Morgan fingerprint density at radius 1 is 1.24 bits per heavy atom. The Balaban J connectivity index is 1.76. The van der Waals surface area contributed by atoms with Crippen molar-refractivity contribution in [3.8, 4) is 5.75 Å². The number of aromatic nitrogens is 1. The molecule has 2 aromatic rings. The van der Waals surface area contributed by atoms with Crippen LogP contribution in [0.1, 0.15) is 49.6 Å². The Kier molecular flexibility index (Phi) is 5.71. The van der Waals surface area contributed by atoms with Crippen LogP contribution in [0.5, 0.6) is 5.75 Å². The third-order valence-corrected chi connectivity index (χ3v) is 4.62. The average molecular weight is 340 g/mol. The number of pyridine rings is 1. The lowest BCUT2D eigenvalue weighted by atomic mass is 10.0. The number of aliphatic hydroxyl groups excluding tert-OH is 1. The predicted octanol–water partition coefficient (Wildman–Crippen LogP) is 3.94. The summed E-state index contributed by atoms with van der Waals surface area (Å²) in [5, 5.41) is 9.67. The van der Waals surface area contributed by atoms with Gasteiger partial charge in [-0.2, -0.15) is 0 Å². The topological polar surface area (TPSA) is 45.6 Å². The average Bonchev–Trinajstić information content (AvgIpc) is 3.42. The number of ether oxygens (including phenoxy) is 1. The highest BCUT2D eigenvalue weighted by Gasteiger charge is 2.35. The Morgan fingerprint density at radius 2 is 2.04 bits per heavy atom. The number of rotatable bonds is 8. The quantitative estimate of drug-likeness (QED) is 0.790. The van der Waals surface area contributed by atoms with E-state index in [1.54, 1.807) is 0 Å². The minimum Gasteiger partial charge on any atom is -0.491 e. The second kappa shape index (κ2) is 7.98. The van der Waals surface area contributed by atoms with Gasteiger partial charge in [0.25, 0.3) is 0 Å². The highest BCUT2D eigenvalue weighted by Crippen LogP contribution is 2.43. The van der Waals surface area contributed by atoms with E-state index in [1.165, 1.54) is 18.4 Å². The Hall–Kier alpha value is -1.91. The fraction of sp³-hybridized carbons (Fsp3) is 0.476. The molecule has 1 N–H and O–H groups in total. The van der Waals surface area contributed by atoms with E-state index >= 15 is 0 Å². The number of aliphatic hydroxyl groups is 1. The van der Waals surface area contributed by atoms with Gasteiger partial charge in [-0.15, -0.1) is 0 Å². The van der Waals surface area contributed by atoms with E-state index in [1.807, 2.05) is 32.2 Å². The lowest BCUT2D eigenvalue weighted by Gasteiger charge is -2.28. The molecule has 1 heterocycles. The van der Waals surface area contributed by atoms with Crippen molar-refractivity contribution >= 4 is 0 Å². The molecule has 0 saturated heterocycles. The van der Waals surface area contributed by atoms with Crippen molar-refractivity contribution in [3.05, 3.63) is 59.4 Å². The van der Waals surface area contributed by atoms with E-state index < -0.39 is 0 Å². The van der Waals surface area contributed by atoms with Gasteiger partial charge < -0.3 is 9.84 Å². The molecule has 1 atom stereocenters. The second-order valence-electron chi connectivity index (χ2n) is 7.22. The van der Waals surface area contributed by atoms with Gasteiger partial charge in [0.2, 0.25) is 0 Å². The monoisotopic (exact) mass is 340 g/mol. The van der Waals surface area contributed by atoms with Crippen LogP contribution in [0, 0.1) is 5.92 Å². The van der Waals surface area contributed by atoms with Gasteiger partial charge in [0, 0.05) is 18.3 Å². The van der Waals surface area contributed by atoms with E-state index in [-0.39, 0.29) is 12.7 Å². The van der Waals surface area contributed by atoms with Crippen molar-refractivity contribution in [1.82, 2.24) is 9.88 Å². The van der Waals surface area contributed by atoms with Gasteiger partial charge in [-0.3, -0.25) is 9.88 Å². The predicted molar refractivity (Wildman–Crippen MR) is 99.3 cm³/mol. The van der Waals surface area contributed by atoms with Crippen LogP contribution >= 0.6 is 0 Å². The summed E-state index contributed by atoms with van der Waals surface area (Å²) in [6.45, 7) is 4.81. The molecule has 134 valence electrons. The second-order valence-corrected chi connectivity index (χ2v) is 7.22. The molecule has 1 saturated carbocycles. The molecule has 25 heavy (non-hydrogen) atoms. The van der Waals surface area contributed by atoms with Crippen molar-refractivity contribution in [1.29, 1.82) is 0 Å². The number of nitrogens with zero attached hydrogens (tertiary/aromatic N) is 2. The molecule has 1 aliphatic rings. The molecule has 0 bridgehead atoms. The normalized spacial score (nSPS) is 15.6. The summed E-state index contributed by atoms with van der Waals surface area (Å²) < 4.78 is 5.78. The van der Waals surface area contributed by atoms with E-state index in [0.717, 1.165) is 23.6 Å². The van der Waals surface area contributed by atoms with Gasteiger partial charge in [-0.25, -0.2) is 0 Å². The van der Waals surface area contributed by atoms with Crippen LogP contribution in [-0.4, -0.2) is 28.1 Å². The fourth-order valence-corrected chi connectivity index (χ4v) is 3.40. The van der Waals surface area contributed by atoms with Crippen LogP contribution in [0.3, 0.4) is 0 Å². The minimum absolute atomic E-state index is 0.00803. The van der Waals surface area contributed by atoms with Gasteiger partial charge in [0.05, 0.1) is 24.4 Å². The molecule has 1 aliphatic carbocycles. The van der Waals surface area contributed by atoms with Gasteiger partial charge in [0.1, 0.15) is 5.75 Å². The van der Waals surface area contributed by atoms with Crippen LogP contribution < -0.4 is 4.74 Å².